The molecule has 0 fully saturated rings. The summed E-state index contributed by atoms with van der Waals surface area (Å²) in [6.07, 6.45) is 0. The van der Waals surface area contributed by atoms with Crippen LogP contribution in [0.15, 0.2) is 39.9 Å². The maximum Gasteiger partial charge on any atom is 0.273 e. The van der Waals surface area contributed by atoms with Crippen LogP contribution in [0.25, 0.3) is 10.2 Å². The maximum atomic E-state index is 12.1. The molecule has 2 heterocycles. The molecule has 0 spiro atoms. The maximum absolute atomic E-state index is 12.1. The van der Waals surface area contributed by atoms with E-state index in [2.05, 4.69) is 9.71 Å². The van der Waals surface area contributed by atoms with Gasteiger partial charge in [0.2, 0.25) is 0 Å². The lowest BCUT2D eigenvalue weighted by molar-refractivity contribution is 0.419. The number of benzene rings is 1. The van der Waals surface area contributed by atoms with Crippen molar-refractivity contribution < 1.29 is 13.2 Å². The zero-order valence-corrected chi connectivity index (χ0v) is 12.8. The first-order valence-electron chi connectivity index (χ1n) is 5.60. The number of methoxy groups -OCH3 is 1. The number of aromatic nitrogens is 1. The van der Waals surface area contributed by atoms with Crippen molar-refractivity contribution in [1.29, 1.82) is 0 Å². The number of para-hydroxylation sites is 1. The second kappa shape index (κ2) is 5.04. The third-order valence-corrected chi connectivity index (χ3v) is 6.39. The summed E-state index contributed by atoms with van der Waals surface area (Å²) in [6.45, 7) is 0. The Kier molecular flexibility index (Phi) is 3.36. The summed E-state index contributed by atoms with van der Waals surface area (Å²) in [4.78, 5) is 4.29. The zero-order valence-electron chi connectivity index (χ0n) is 10.4. The van der Waals surface area contributed by atoms with E-state index in [9.17, 15) is 8.42 Å². The Balaban J connectivity index is 2.00. The summed E-state index contributed by atoms with van der Waals surface area (Å²) in [5.41, 5.74) is 0.656. The highest BCUT2D eigenvalue weighted by Crippen LogP contribution is 2.33. The van der Waals surface area contributed by atoms with E-state index in [1.807, 2.05) is 12.1 Å². The smallest absolute Gasteiger partial charge is 0.273 e. The number of nitrogens with one attached hydrogen (secondary N) is 1. The molecule has 5 nitrogen and oxygen atoms in total. The first kappa shape index (κ1) is 13.3. The molecule has 0 radical (unpaired) electrons. The van der Waals surface area contributed by atoms with E-state index >= 15 is 0 Å². The molecule has 0 bridgehead atoms. The molecular formula is C12H10N2O3S3. The lowest BCUT2D eigenvalue weighted by Crippen LogP contribution is -2.10. The molecule has 0 aliphatic carbocycles. The van der Waals surface area contributed by atoms with Gasteiger partial charge in [-0.3, -0.25) is 4.72 Å². The van der Waals surface area contributed by atoms with Crippen molar-refractivity contribution in [1.82, 2.24) is 4.98 Å². The number of anilines is 1. The Morgan fingerprint density at radius 3 is 2.80 bits per heavy atom. The molecule has 0 saturated heterocycles. The highest BCUT2D eigenvalue weighted by molar-refractivity contribution is 7.94. The largest absolute Gasteiger partial charge is 0.494 e. The van der Waals surface area contributed by atoms with Gasteiger partial charge in [0, 0.05) is 0 Å². The Morgan fingerprint density at radius 1 is 1.25 bits per heavy atom. The van der Waals surface area contributed by atoms with Crippen LogP contribution in [0.4, 0.5) is 5.13 Å². The summed E-state index contributed by atoms with van der Waals surface area (Å²) in [6, 6.07) is 8.76. The molecule has 8 heteroatoms. The zero-order chi connectivity index (χ0) is 14.2. The molecule has 0 amide bonds. The summed E-state index contributed by atoms with van der Waals surface area (Å²) < 4.78 is 33.1. The van der Waals surface area contributed by atoms with Gasteiger partial charge in [-0.25, -0.2) is 13.4 Å². The highest BCUT2D eigenvalue weighted by Gasteiger charge is 2.18. The number of fused-ring (bicyclic) bond motifs is 1. The second-order valence-electron chi connectivity index (χ2n) is 3.86. The standard InChI is InChI=1S/C12H10N2O3S3/c1-17-8-4-2-5-9-11(8)13-12(19-9)14-20(15,16)10-6-3-7-18-10/h2-7H,1H3,(H,13,14). The number of nitrogens with zero attached hydrogens (tertiary/aromatic N) is 1. The Morgan fingerprint density at radius 2 is 2.10 bits per heavy atom. The van der Waals surface area contributed by atoms with Crippen LogP contribution in [0.3, 0.4) is 0 Å². The summed E-state index contributed by atoms with van der Waals surface area (Å²) >= 11 is 2.44. The van der Waals surface area contributed by atoms with Gasteiger partial charge in [-0.05, 0) is 23.6 Å². The minimum absolute atomic E-state index is 0.267. The molecule has 3 aromatic rings. The number of hydrogen-bond donors (Lipinski definition) is 1. The van der Waals surface area contributed by atoms with E-state index < -0.39 is 10.0 Å². The van der Waals surface area contributed by atoms with Crippen LogP contribution in [0.5, 0.6) is 5.75 Å². The van der Waals surface area contributed by atoms with Crippen LogP contribution in [-0.4, -0.2) is 20.5 Å². The van der Waals surface area contributed by atoms with Gasteiger partial charge in [0.15, 0.2) is 5.13 Å². The van der Waals surface area contributed by atoms with Crippen LogP contribution in [0, 0.1) is 0 Å². The molecule has 0 aliphatic rings. The van der Waals surface area contributed by atoms with Crippen molar-refractivity contribution in [3.8, 4) is 5.75 Å². The fraction of sp³-hybridized carbons (Fsp3) is 0.0833. The monoisotopic (exact) mass is 326 g/mol. The molecule has 2 aromatic heterocycles. The molecule has 0 unspecified atom stereocenters. The quantitative estimate of drug-likeness (QED) is 0.799. The summed E-state index contributed by atoms with van der Waals surface area (Å²) in [7, 11) is -2.00. The molecule has 0 atom stereocenters. The van der Waals surface area contributed by atoms with Crippen LogP contribution in [-0.2, 0) is 10.0 Å². The average Bonchev–Trinajstić information content (AvgIpc) is 3.06. The lowest BCUT2D eigenvalue weighted by atomic mass is 10.3. The van der Waals surface area contributed by atoms with Gasteiger partial charge in [-0.15, -0.1) is 11.3 Å². The fourth-order valence-electron chi connectivity index (χ4n) is 1.71. The fourth-order valence-corrected chi connectivity index (χ4v) is 4.82. The Hall–Kier alpha value is -1.64. The number of thiophene rings is 1. The van der Waals surface area contributed by atoms with Crippen molar-refractivity contribution in [2.24, 2.45) is 0 Å². The second-order valence-corrected chi connectivity index (χ2v) is 7.75. The Labute approximate surface area is 123 Å². The molecule has 0 aliphatic heterocycles. The topological polar surface area (TPSA) is 68.3 Å². The Bertz CT molecular complexity index is 838. The van der Waals surface area contributed by atoms with Crippen molar-refractivity contribution in [2.45, 2.75) is 4.21 Å². The molecule has 1 aromatic carbocycles. The van der Waals surface area contributed by atoms with Crippen LogP contribution >= 0.6 is 22.7 Å². The van der Waals surface area contributed by atoms with E-state index in [-0.39, 0.29) is 4.21 Å². The molecule has 3 rings (SSSR count). The normalized spacial score (nSPS) is 11.7. The van der Waals surface area contributed by atoms with Gasteiger partial charge in [-0.1, -0.05) is 23.5 Å². The molecule has 104 valence electrons. The minimum Gasteiger partial charge on any atom is -0.494 e. The number of thiazole rings is 1. The third-order valence-electron chi connectivity index (χ3n) is 2.58. The van der Waals surface area contributed by atoms with E-state index in [1.165, 1.54) is 22.7 Å². The highest BCUT2D eigenvalue weighted by atomic mass is 32.2. The van der Waals surface area contributed by atoms with E-state index in [0.29, 0.717) is 16.4 Å². The van der Waals surface area contributed by atoms with Gasteiger partial charge in [0.25, 0.3) is 10.0 Å². The average molecular weight is 326 g/mol. The van der Waals surface area contributed by atoms with Crippen molar-refractivity contribution in [2.75, 3.05) is 11.8 Å². The minimum atomic E-state index is -3.56. The van der Waals surface area contributed by atoms with E-state index in [0.717, 1.165) is 4.70 Å². The first-order chi connectivity index (χ1) is 9.60. The van der Waals surface area contributed by atoms with Gasteiger partial charge in [-0.2, -0.15) is 0 Å². The summed E-state index contributed by atoms with van der Waals surface area (Å²) in [5.74, 6) is 0.625. The molecule has 0 saturated carbocycles. The van der Waals surface area contributed by atoms with Gasteiger partial charge in [0.1, 0.15) is 15.5 Å². The third kappa shape index (κ3) is 2.37. The predicted molar refractivity (Wildman–Crippen MR) is 81.3 cm³/mol. The molecular weight excluding hydrogens is 316 g/mol. The van der Waals surface area contributed by atoms with Gasteiger partial charge in [0.05, 0.1) is 11.8 Å². The van der Waals surface area contributed by atoms with Crippen molar-refractivity contribution in [3.63, 3.8) is 0 Å². The predicted octanol–water partition coefficient (Wildman–Crippen LogP) is 3.17. The van der Waals surface area contributed by atoms with Crippen LogP contribution in [0.1, 0.15) is 0 Å². The van der Waals surface area contributed by atoms with Gasteiger partial charge >= 0.3 is 0 Å². The summed E-state index contributed by atoms with van der Waals surface area (Å²) in [5, 5.41) is 2.05. The van der Waals surface area contributed by atoms with Crippen LogP contribution in [0.2, 0.25) is 0 Å². The number of rotatable bonds is 4. The lowest BCUT2D eigenvalue weighted by Gasteiger charge is -2.01. The number of sulfonamides is 1. The number of ether oxygens (including phenoxy) is 1. The first-order valence-corrected chi connectivity index (χ1v) is 8.78. The number of hydrogen-bond acceptors (Lipinski definition) is 6. The molecule has 20 heavy (non-hydrogen) atoms. The van der Waals surface area contributed by atoms with E-state index in [4.69, 9.17) is 4.74 Å². The van der Waals surface area contributed by atoms with Crippen LogP contribution < -0.4 is 9.46 Å². The molecule has 1 N–H and O–H groups in total. The SMILES string of the molecule is COc1cccc2sc(NS(=O)(=O)c3cccs3)nc12. The van der Waals surface area contributed by atoms with E-state index in [1.54, 1.807) is 30.7 Å². The van der Waals surface area contributed by atoms with Gasteiger partial charge < -0.3 is 4.74 Å². The van der Waals surface area contributed by atoms with Crippen molar-refractivity contribution >= 4 is 48.0 Å². The van der Waals surface area contributed by atoms with Crippen molar-refractivity contribution in [3.05, 3.63) is 35.7 Å².